The summed E-state index contributed by atoms with van der Waals surface area (Å²) in [5.41, 5.74) is 1.16. The zero-order valence-corrected chi connectivity index (χ0v) is 14.7. The molecule has 3 rings (SSSR count). The lowest BCUT2D eigenvalue weighted by atomic mass is 10.1. The van der Waals surface area contributed by atoms with E-state index in [1.807, 2.05) is 4.90 Å². The van der Waals surface area contributed by atoms with Gasteiger partial charge in [0.25, 0.3) is 5.56 Å². The van der Waals surface area contributed by atoms with Crippen molar-refractivity contribution in [2.45, 2.75) is 36.6 Å². The molecule has 0 spiro atoms. The van der Waals surface area contributed by atoms with Gasteiger partial charge in [0.05, 0.1) is 12.1 Å². The molecule has 1 saturated heterocycles. The summed E-state index contributed by atoms with van der Waals surface area (Å²) in [6, 6.07) is 7.58. The summed E-state index contributed by atoms with van der Waals surface area (Å²) in [7, 11) is 0. The molecule has 132 valence electrons. The number of carbonyl (C=O) groups excluding carboxylic acids is 1. The van der Waals surface area contributed by atoms with Crippen LogP contribution < -0.4 is 5.56 Å². The zero-order valence-electron chi connectivity index (χ0n) is 13.8. The summed E-state index contributed by atoms with van der Waals surface area (Å²) < 4.78 is 12.9. The van der Waals surface area contributed by atoms with Gasteiger partial charge in [-0.25, -0.2) is 9.37 Å². The third-order valence-corrected chi connectivity index (χ3v) is 5.05. The highest BCUT2D eigenvalue weighted by Gasteiger charge is 2.17. The van der Waals surface area contributed by atoms with Crippen LogP contribution in [-0.4, -0.2) is 33.9 Å². The van der Waals surface area contributed by atoms with Gasteiger partial charge in [0, 0.05) is 24.9 Å². The summed E-state index contributed by atoms with van der Waals surface area (Å²) in [6.45, 7) is 1.57. The SMILES string of the molecule is O=C(Cc1cc(=O)[nH]c(SCc2ccc(F)cc2)n1)N1CCCCC1. The minimum atomic E-state index is -0.279. The van der Waals surface area contributed by atoms with E-state index >= 15 is 0 Å². The van der Waals surface area contributed by atoms with Crippen LogP contribution in [0.3, 0.4) is 0 Å². The summed E-state index contributed by atoms with van der Waals surface area (Å²) in [6.07, 6.45) is 3.38. The maximum atomic E-state index is 12.9. The number of hydrogen-bond donors (Lipinski definition) is 1. The zero-order chi connectivity index (χ0) is 17.6. The van der Waals surface area contributed by atoms with E-state index in [1.165, 1.54) is 30.0 Å². The molecule has 0 saturated carbocycles. The molecule has 25 heavy (non-hydrogen) atoms. The van der Waals surface area contributed by atoms with Crippen LogP contribution in [0.4, 0.5) is 4.39 Å². The quantitative estimate of drug-likeness (QED) is 0.657. The van der Waals surface area contributed by atoms with Crippen molar-refractivity contribution in [2.75, 3.05) is 13.1 Å². The number of piperidine rings is 1. The van der Waals surface area contributed by atoms with Crippen molar-refractivity contribution in [3.63, 3.8) is 0 Å². The number of aromatic amines is 1. The lowest BCUT2D eigenvalue weighted by molar-refractivity contribution is -0.131. The number of H-pyrrole nitrogens is 1. The minimum Gasteiger partial charge on any atom is -0.342 e. The van der Waals surface area contributed by atoms with E-state index in [0.717, 1.165) is 37.9 Å². The molecule has 2 aromatic rings. The first kappa shape index (κ1) is 17.7. The van der Waals surface area contributed by atoms with E-state index in [-0.39, 0.29) is 23.7 Å². The normalized spacial score (nSPS) is 14.5. The second-order valence-electron chi connectivity index (χ2n) is 6.08. The molecule has 1 N–H and O–H groups in total. The van der Waals surface area contributed by atoms with Gasteiger partial charge >= 0.3 is 0 Å². The molecular weight excluding hydrogens is 341 g/mol. The number of rotatable bonds is 5. The van der Waals surface area contributed by atoms with Crippen LogP contribution in [0, 0.1) is 5.82 Å². The van der Waals surface area contributed by atoms with Crippen molar-refractivity contribution in [2.24, 2.45) is 0 Å². The van der Waals surface area contributed by atoms with E-state index in [1.54, 1.807) is 12.1 Å². The van der Waals surface area contributed by atoms with E-state index in [4.69, 9.17) is 0 Å². The fourth-order valence-electron chi connectivity index (χ4n) is 2.78. The first-order valence-corrected chi connectivity index (χ1v) is 9.34. The van der Waals surface area contributed by atoms with Crippen molar-refractivity contribution in [3.05, 3.63) is 57.8 Å². The summed E-state index contributed by atoms with van der Waals surface area (Å²) in [5.74, 6) is 0.304. The van der Waals surface area contributed by atoms with E-state index in [2.05, 4.69) is 9.97 Å². The third-order valence-electron chi connectivity index (χ3n) is 4.10. The summed E-state index contributed by atoms with van der Waals surface area (Å²) >= 11 is 1.36. The number of benzene rings is 1. The van der Waals surface area contributed by atoms with Gasteiger partial charge in [-0.3, -0.25) is 9.59 Å². The first-order chi connectivity index (χ1) is 12.1. The Bertz CT molecular complexity index is 786. The van der Waals surface area contributed by atoms with Crippen molar-refractivity contribution in [1.82, 2.24) is 14.9 Å². The molecule has 0 bridgehead atoms. The maximum Gasteiger partial charge on any atom is 0.251 e. The molecule has 7 heteroatoms. The van der Waals surface area contributed by atoms with Crippen molar-refractivity contribution in [1.29, 1.82) is 0 Å². The third kappa shape index (κ3) is 5.16. The Morgan fingerprint density at radius 3 is 2.64 bits per heavy atom. The average Bonchev–Trinajstić information content (AvgIpc) is 2.61. The average molecular weight is 361 g/mol. The van der Waals surface area contributed by atoms with Crippen LogP contribution in [0.5, 0.6) is 0 Å². The lowest BCUT2D eigenvalue weighted by Crippen LogP contribution is -2.37. The summed E-state index contributed by atoms with van der Waals surface area (Å²) in [4.78, 5) is 33.1. The van der Waals surface area contributed by atoms with Crippen LogP contribution >= 0.6 is 11.8 Å². The van der Waals surface area contributed by atoms with E-state index in [0.29, 0.717) is 16.6 Å². The Morgan fingerprint density at radius 1 is 1.20 bits per heavy atom. The molecule has 0 aliphatic carbocycles. The number of halogens is 1. The van der Waals surface area contributed by atoms with Gasteiger partial charge in [-0.15, -0.1) is 0 Å². The predicted molar refractivity (Wildman–Crippen MR) is 95.0 cm³/mol. The number of nitrogens with zero attached hydrogens (tertiary/aromatic N) is 2. The highest BCUT2D eigenvalue weighted by molar-refractivity contribution is 7.98. The Labute approximate surface area is 149 Å². The number of amides is 1. The molecule has 1 aliphatic rings. The van der Waals surface area contributed by atoms with Gasteiger partial charge < -0.3 is 9.88 Å². The molecule has 1 aliphatic heterocycles. The van der Waals surface area contributed by atoms with Crippen LogP contribution in [-0.2, 0) is 17.0 Å². The molecular formula is C18H20FN3O2S. The monoisotopic (exact) mass is 361 g/mol. The minimum absolute atomic E-state index is 0.0206. The van der Waals surface area contributed by atoms with Gasteiger partial charge in [0.2, 0.25) is 5.91 Å². The molecule has 0 atom stereocenters. The Morgan fingerprint density at radius 2 is 1.92 bits per heavy atom. The first-order valence-electron chi connectivity index (χ1n) is 8.35. The van der Waals surface area contributed by atoms with Crippen molar-refractivity contribution in [3.8, 4) is 0 Å². The molecule has 1 fully saturated rings. The van der Waals surface area contributed by atoms with E-state index in [9.17, 15) is 14.0 Å². The number of likely N-dealkylation sites (tertiary alicyclic amines) is 1. The highest BCUT2D eigenvalue weighted by atomic mass is 32.2. The van der Waals surface area contributed by atoms with Crippen molar-refractivity contribution >= 4 is 17.7 Å². The molecule has 5 nitrogen and oxygen atoms in total. The maximum absolute atomic E-state index is 12.9. The fraction of sp³-hybridized carbons (Fsp3) is 0.389. The topological polar surface area (TPSA) is 66.1 Å². The lowest BCUT2D eigenvalue weighted by Gasteiger charge is -2.26. The van der Waals surface area contributed by atoms with Gasteiger partial charge in [-0.1, -0.05) is 23.9 Å². The number of aromatic nitrogens is 2. The number of carbonyl (C=O) groups is 1. The Balaban J connectivity index is 1.64. The number of thioether (sulfide) groups is 1. The fourth-order valence-corrected chi connectivity index (χ4v) is 3.64. The molecule has 2 heterocycles. The van der Waals surface area contributed by atoms with Crippen molar-refractivity contribution < 1.29 is 9.18 Å². The van der Waals surface area contributed by atoms with Gasteiger partial charge in [0.15, 0.2) is 5.16 Å². The molecule has 0 unspecified atom stereocenters. The number of hydrogen-bond acceptors (Lipinski definition) is 4. The van der Waals surface area contributed by atoms with Crippen LogP contribution in [0.2, 0.25) is 0 Å². The largest absolute Gasteiger partial charge is 0.342 e. The second-order valence-corrected chi connectivity index (χ2v) is 7.04. The van der Waals surface area contributed by atoms with Gasteiger partial charge in [0.1, 0.15) is 5.82 Å². The Hall–Kier alpha value is -2.15. The molecule has 1 aromatic carbocycles. The predicted octanol–water partition coefficient (Wildman–Crippen LogP) is 2.76. The van der Waals surface area contributed by atoms with Crippen LogP contribution in [0.1, 0.15) is 30.5 Å². The Kier molecular flexibility index (Phi) is 5.86. The number of nitrogens with one attached hydrogen (secondary N) is 1. The van der Waals surface area contributed by atoms with Gasteiger partial charge in [-0.2, -0.15) is 0 Å². The standard InChI is InChI=1S/C18H20FN3O2S/c19-14-6-4-13(5-7-14)12-25-18-20-15(10-16(23)21-18)11-17(24)22-8-2-1-3-9-22/h4-7,10H,1-3,8-9,11-12H2,(H,20,21,23). The van der Waals surface area contributed by atoms with Gasteiger partial charge in [-0.05, 0) is 37.0 Å². The molecule has 1 aromatic heterocycles. The molecule has 0 radical (unpaired) electrons. The van der Waals surface area contributed by atoms with E-state index < -0.39 is 0 Å². The van der Waals surface area contributed by atoms with Crippen LogP contribution in [0.25, 0.3) is 0 Å². The second kappa shape index (κ2) is 8.29. The highest BCUT2D eigenvalue weighted by Crippen LogP contribution is 2.19. The summed E-state index contributed by atoms with van der Waals surface area (Å²) in [5, 5.41) is 0.471. The van der Waals surface area contributed by atoms with Crippen LogP contribution in [0.15, 0.2) is 40.3 Å². The smallest absolute Gasteiger partial charge is 0.251 e. The molecule has 1 amide bonds.